The molecule has 0 aliphatic carbocycles. The number of carbonyl (C=O) groups is 1. The molecule has 39 heavy (non-hydrogen) atoms. The zero-order valence-corrected chi connectivity index (χ0v) is 22.8. The Balaban J connectivity index is 1.50. The van der Waals surface area contributed by atoms with E-state index in [1.165, 1.54) is 63.0 Å². The largest absolute Gasteiger partial charge is 0.416 e. The number of rotatable bonds is 16. The van der Waals surface area contributed by atoms with Crippen molar-refractivity contribution in [1.82, 2.24) is 15.2 Å². The molecule has 0 atom stereocenters. The zero-order chi connectivity index (χ0) is 28.1. The van der Waals surface area contributed by atoms with Crippen molar-refractivity contribution in [3.05, 3.63) is 71.0 Å². The normalized spacial score (nSPS) is 11.7. The topological polar surface area (TPSA) is 68.5 Å². The van der Waals surface area contributed by atoms with E-state index in [-0.39, 0.29) is 13.1 Å². The Kier molecular flexibility index (Phi) is 12.0. The van der Waals surface area contributed by atoms with Crippen LogP contribution in [0.5, 0.6) is 0 Å². The third-order valence-electron chi connectivity index (χ3n) is 6.40. The molecule has 0 saturated heterocycles. The summed E-state index contributed by atoms with van der Waals surface area (Å²) >= 11 is 0. The molecule has 0 aliphatic rings. The Bertz CT molecular complexity index is 1150. The molecule has 0 fully saturated rings. The van der Waals surface area contributed by atoms with E-state index in [1.54, 1.807) is 6.07 Å². The molecule has 0 saturated carbocycles. The van der Waals surface area contributed by atoms with Crippen molar-refractivity contribution in [3.63, 3.8) is 0 Å². The summed E-state index contributed by atoms with van der Waals surface area (Å²) in [4.78, 5) is 21.4. The molecule has 0 unspecified atom stereocenters. The Morgan fingerprint density at radius 1 is 0.897 bits per heavy atom. The van der Waals surface area contributed by atoms with Crippen molar-refractivity contribution >= 4 is 5.97 Å². The van der Waals surface area contributed by atoms with Crippen LogP contribution in [0, 0.1) is 0 Å². The SMILES string of the molecule is CCCCCCCCCCCc1noc(-c2ccc(CN(Cc3cccc(C(F)(F)F)c3)OC(C)=O)cc2)n1. The van der Waals surface area contributed by atoms with Crippen LogP contribution in [0.1, 0.15) is 94.1 Å². The first-order chi connectivity index (χ1) is 18.7. The van der Waals surface area contributed by atoms with E-state index < -0.39 is 17.7 Å². The van der Waals surface area contributed by atoms with E-state index in [4.69, 9.17) is 9.36 Å². The Hall–Kier alpha value is -3.20. The van der Waals surface area contributed by atoms with E-state index >= 15 is 0 Å². The number of halogens is 3. The first kappa shape index (κ1) is 30.3. The first-order valence-electron chi connectivity index (χ1n) is 13.8. The highest BCUT2D eigenvalue weighted by Crippen LogP contribution is 2.30. The number of aromatic nitrogens is 2. The van der Waals surface area contributed by atoms with Crippen molar-refractivity contribution in [1.29, 1.82) is 0 Å². The van der Waals surface area contributed by atoms with E-state index in [0.29, 0.717) is 17.3 Å². The Morgan fingerprint density at radius 2 is 1.54 bits per heavy atom. The van der Waals surface area contributed by atoms with Crippen LogP contribution in [-0.2, 0) is 35.3 Å². The van der Waals surface area contributed by atoms with Gasteiger partial charge in [-0.15, -0.1) is 5.06 Å². The molecule has 1 heterocycles. The van der Waals surface area contributed by atoms with Crippen molar-refractivity contribution in [2.24, 2.45) is 0 Å². The fourth-order valence-corrected chi connectivity index (χ4v) is 4.37. The second kappa shape index (κ2) is 15.4. The van der Waals surface area contributed by atoms with Crippen molar-refractivity contribution in [3.8, 4) is 11.5 Å². The molecule has 0 amide bonds. The summed E-state index contributed by atoms with van der Waals surface area (Å²) in [6, 6.07) is 12.3. The zero-order valence-electron chi connectivity index (χ0n) is 22.8. The molecule has 9 heteroatoms. The van der Waals surface area contributed by atoms with Crippen molar-refractivity contribution < 1.29 is 27.3 Å². The van der Waals surface area contributed by atoms with Crippen LogP contribution < -0.4 is 0 Å². The van der Waals surface area contributed by atoms with Crippen LogP contribution in [0.15, 0.2) is 53.1 Å². The predicted octanol–water partition coefficient (Wildman–Crippen LogP) is 8.31. The Labute approximate surface area is 228 Å². The van der Waals surface area contributed by atoms with Gasteiger partial charge in [-0.25, -0.2) is 0 Å². The molecular formula is C30H38F3N3O3. The minimum absolute atomic E-state index is 0.0110. The summed E-state index contributed by atoms with van der Waals surface area (Å²) in [5, 5.41) is 5.44. The van der Waals surface area contributed by atoms with E-state index in [9.17, 15) is 18.0 Å². The monoisotopic (exact) mass is 545 g/mol. The average molecular weight is 546 g/mol. The molecule has 2 aromatic carbocycles. The number of hydrogen-bond donors (Lipinski definition) is 0. The lowest BCUT2D eigenvalue weighted by molar-refractivity contribution is -0.194. The summed E-state index contributed by atoms with van der Waals surface area (Å²) < 4.78 is 44.7. The summed E-state index contributed by atoms with van der Waals surface area (Å²) in [6.45, 7) is 3.70. The number of hydroxylamine groups is 2. The molecule has 0 aliphatic heterocycles. The number of carbonyl (C=O) groups excluding carboxylic acids is 1. The van der Waals surface area contributed by atoms with Crippen molar-refractivity contribution in [2.75, 3.05) is 0 Å². The van der Waals surface area contributed by atoms with Gasteiger partial charge in [-0.2, -0.15) is 18.2 Å². The molecule has 212 valence electrons. The highest BCUT2D eigenvalue weighted by atomic mass is 19.4. The molecule has 6 nitrogen and oxygen atoms in total. The molecule has 0 spiro atoms. The molecule has 0 radical (unpaired) electrons. The lowest BCUT2D eigenvalue weighted by atomic mass is 10.1. The summed E-state index contributed by atoms with van der Waals surface area (Å²) in [7, 11) is 0. The van der Waals surface area contributed by atoms with Crippen molar-refractivity contribution in [2.45, 2.75) is 97.3 Å². The molecule has 1 aromatic heterocycles. The van der Waals surface area contributed by atoms with Crippen LogP contribution in [-0.4, -0.2) is 21.2 Å². The minimum Gasteiger partial charge on any atom is -0.368 e. The van der Waals surface area contributed by atoms with Gasteiger partial charge in [0.1, 0.15) is 0 Å². The fourth-order valence-electron chi connectivity index (χ4n) is 4.37. The van der Waals surface area contributed by atoms with Gasteiger partial charge in [-0.3, -0.25) is 4.79 Å². The highest BCUT2D eigenvalue weighted by Gasteiger charge is 2.30. The number of nitrogens with zero attached hydrogens (tertiary/aromatic N) is 3. The van der Waals surface area contributed by atoms with Gasteiger partial charge in [-0.05, 0) is 35.7 Å². The van der Waals surface area contributed by atoms with Crippen LogP contribution >= 0.6 is 0 Å². The van der Waals surface area contributed by atoms with Gasteiger partial charge >= 0.3 is 12.1 Å². The van der Waals surface area contributed by atoms with Crippen LogP contribution in [0.3, 0.4) is 0 Å². The quantitative estimate of drug-likeness (QED) is 0.133. The van der Waals surface area contributed by atoms with Gasteiger partial charge in [-0.1, -0.05) is 93.8 Å². The van der Waals surface area contributed by atoms with Gasteiger partial charge in [0.2, 0.25) is 0 Å². The third kappa shape index (κ3) is 10.8. The number of alkyl halides is 3. The molecule has 0 bridgehead atoms. The number of unbranched alkanes of at least 4 members (excludes halogenated alkanes) is 8. The molecule has 0 N–H and O–H groups in total. The maximum Gasteiger partial charge on any atom is 0.416 e. The second-order valence-electron chi connectivity index (χ2n) is 9.87. The van der Waals surface area contributed by atoms with E-state index in [0.717, 1.165) is 42.5 Å². The van der Waals surface area contributed by atoms with E-state index in [1.807, 2.05) is 24.3 Å². The third-order valence-corrected chi connectivity index (χ3v) is 6.40. The maximum atomic E-state index is 13.1. The molecule has 3 rings (SSSR count). The average Bonchev–Trinajstić information content (AvgIpc) is 3.36. The lowest BCUT2D eigenvalue weighted by Crippen LogP contribution is -2.25. The first-order valence-corrected chi connectivity index (χ1v) is 13.8. The van der Waals surface area contributed by atoms with Gasteiger partial charge in [0.15, 0.2) is 5.82 Å². The summed E-state index contributed by atoms with van der Waals surface area (Å²) in [5.74, 6) is 0.580. The minimum atomic E-state index is -4.44. The van der Waals surface area contributed by atoms with Gasteiger partial charge in [0.05, 0.1) is 18.7 Å². The predicted molar refractivity (Wildman–Crippen MR) is 143 cm³/mol. The van der Waals surface area contributed by atoms with E-state index in [2.05, 4.69) is 17.1 Å². The highest BCUT2D eigenvalue weighted by molar-refractivity contribution is 5.65. The second-order valence-corrected chi connectivity index (χ2v) is 9.87. The Morgan fingerprint density at radius 3 is 2.18 bits per heavy atom. The fraction of sp³-hybridized carbons (Fsp3) is 0.500. The van der Waals surface area contributed by atoms with Crippen LogP contribution in [0.2, 0.25) is 0 Å². The van der Waals surface area contributed by atoms with Gasteiger partial charge in [0.25, 0.3) is 5.89 Å². The number of aryl methyl sites for hydroxylation is 1. The maximum absolute atomic E-state index is 13.1. The van der Waals surface area contributed by atoms with Crippen LogP contribution in [0.25, 0.3) is 11.5 Å². The summed E-state index contributed by atoms with van der Waals surface area (Å²) in [6.07, 6.45) is 7.63. The summed E-state index contributed by atoms with van der Waals surface area (Å²) in [5.41, 5.74) is 1.21. The van der Waals surface area contributed by atoms with Crippen LogP contribution in [0.4, 0.5) is 13.2 Å². The standard InChI is InChI=1S/C30H38F3N3O3/c1-3-4-5-6-7-8-9-10-11-15-28-34-29(38-35-28)26-18-16-24(17-19-26)21-36(39-23(2)37)22-25-13-12-14-27(20-25)30(31,32)33/h12-14,16-20H,3-11,15,21-22H2,1-2H3. The molecule has 3 aromatic rings. The number of benzene rings is 2. The lowest BCUT2D eigenvalue weighted by Gasteiger charge is -2.21. The van der Waals surface area contributed by atoms with Gasteiger partial charge in [0, 0.05) is 18.9 Å². The number of hydrogen-bond acceptors (Lipinski definition) is 6. The van der Waals surface area contributed by atoms with Gasteiger partial charge < -0.3 is 9.36 Å². The smallest absolute Gasteiger partial charge is 0.368 e. The molecular weight excluding hydrogens is 507 g/mol.